The zero-order chi connectivity index (χ0) is 13.4. The second kappa shape index (κ2) is 4.70. The Morgan fingerprint density at radius 2 is 1.90 bits per heavy atom. The molecule has 0 saturated carbocycles. The summed E-state index contributed by atoms with van der Waals surface area (Å²) in [4.78, 5) is 11.2. The third-order valence-corrected chi connectivity index (χ3v) is 4.79. The molecule has 104 valence electrons. The summed E-state index contributed by atoms with van der Waals surface area (Å²) in [6.45, 7) is 3.22. The number of hydrogen-bond acceptors (Lipinski definition) is 4. The number of rotatable bonds is 3. The fraction of sp³-hybridized carbons (Fsp3) is 0.500. The third-order valence-electron chi connectivity index (χ3n) is 4.79. The Bertz CT molecular complexity index is 613. The zero-order valence-electron chi connectivity index (χ0n) is 11.6. The summed E-state index contributed by atoms with van der Waals surface area (Å²) in [6.07, 6.45) is 6.71. The van der Waals surface area contributed by atoms with Crippen molar-refractivity contribution in [3.63, 3.8) is 0 Å². The Morgan fingerprint density at radius 1 is 1.10 bits per heavy atom. The van der Waals surface area contributed by atoms with Gasteiger partial charge < -0.3 is 4.74 Å². The monoisotopic (exact) mass is 269 g/mol. The van der Waals surface area contributed by atoms with Gasteiger partial charge in [-0.2, -0.15) is 0 Å². The van der Waals surface area contributed by atoms with Crippen LogP contribution in [-0.4, -0.2) is 40.1 Å². The second-order valence-electron chi connectivity index (χ2n) is 5.90. The van der Waals surface area contributed by atoms with E-state index in [9.17, 15) is 0 Å². The first-order chi connectivity index (χ1) is 9.87. The van der Waals surface area contributed by atoms with Crippen molar-refractivity contribution >= 4 is 10.9 Å². The molecule has 2 saturated heterocycles. The molecule has 0 bridgehead atoms. The van der Waals surface area contributed by atoms with E-state index in [1.165, 1.54) is 38.8 Å². The molecule has 2 aliphatic rings. The van der Waals surface area contributed by atoms with Crippen LogP contribution in [0.3, 0.4) is 0 Å². The normalized spacial score (nSPS) is 21.2. The van der Waals surface area contributed by atoms with Gasteiger partial charge in [0, 0.05) is 0 Å². The zero-order valence-corrected chi connectivity index (χ0v) is 11.6. The van der Waals surface area contributed by atoms with Crippen LogP contribution in [0, 0.1) is 0 Å². The quantitative estimate of drug-likeness (QED) is 0.858. The van der Waals surface area contributed by atoms with Gasteiger partial charge in [-0.15, -0.1) is 0 Å². The molecule has 0 spiro atoms. The Labute approximate surface area is 118 Å². The Morgan fingerprint density at radius 3 is 2.75 bits per heavy atom. The molecule has 0 aliphatic carbocycles. The molecule has 0 radical (unpaired) electrons. The van der Waals surface area contributed by atoms with E-state index in [-0.39, 0.29) is 5.54 Å². The van der Waals surface area contributed by atoms with Gasteiger partial charge in [0.25, 0.3) is 0 Å². The summed E-state index contributed by atoms with van der Waals surface area (Å²) in [7, 11) is 0. The van der Waals surface area contributed by atoms with E-state index >= 15 is 0 Å². The van der Waals surface area contributed by atoms with Crippen molar-refractivity contribution in [2.75, 3.05) is 19.7 Å². The summed E-state index contributed by atoms with van der Waals surface area (Å²) in [6, 6.07) is 8.03. The molecule has 3 heterocycles. The lowest BCUT2D eigenvalue weighted by molar-refractivity contribution is 0.112. The Balaban J connectivity index is 1.59. The van der Waals surface area contributed by atoms with E-state index in [0.29, 0.717) is 0 Å². The highest BCUT2D eigenvalue weighted by molar-refractivity contribution is 5.82. The van der Waals surface area contributed by atoms with Crippen molar-refractivity contribution in [2.24, 2.45) is 0 Å². The maximum Gasteiger partial charge on any atom is 0.224 e. The molecule has 20 heavy (non-hydrogen) atoms. The summed E-state index contributed by atoms with van der Waals surface area (Å²) in [5, 5.41) is 1.01. The highest BCUT2D eigenvalue weighted by Gasteiger charge is 2.44. The highest BCUT2D eigenvalue weighted by Crippen LogP contribution is 2.39. The Hall–Kier alpha value is -1.68. The Kier molecular flexibility index (Phi) is 2.84. The third kappa shape index (κ3) is 1.86. The fourth-order valence-electron chi connectivity index (χ4n) is 3.76. The van der Waals surface area contributed by atoms with Crippen LogP contribution < -0.4 is 4.74 Å². The maximum atomic E-state index is 6.12. The summed E-state index contributed by atoms with van der Waals surface area (Å²) < 4.78 is 6.12. The highest BCUT2D eigenvalue weighted by atomic mass is 16.5. The molecular formula is C16H19N3O. The minimum absolute atomic E-state index is 0.270. The molecule has 0 unspecified atom stereocenters. The molecular weight excluding hydrogens is 250 g/mol. The van der Waals surface area contributed by atoms with Crippen molar-refractivity contribution in [3.8, 4) is 5.88 Å². The average molecular weight is 269 g/mol. The molecule has 1 aromatic heterocycles. The van der Waals surface area contributed by atoms with E-state index in [1.54, 1.807) is 6.33 Å². The van der Waals surface area contributed by atoms with Crippen LogP contribution in [0.5, 0.6) is 5.88 Å². The van der Waals surface area contributed by atoms with Gasteiger partial charge in [-0.1, -0.05) is 12.1 Å². The molecule has 1 aromatic carbocycles. The first-order valence-electron chi connectivity index (χ1n) is 7.45. The summed E-state index contributed by atoms with van der Waals surface area (Å²) in [5.74, 6) is 0.726. The van der Waals surface area contributed by atoms with Crippen molar-refractivity contribution in [1.82, 2.24) is 14.9 Å². The number of aromatic nitrogens is 2. The molecule has 0 amide bonds. The summed E-state index contributed by atoms with van der Waals surface area (Å²) >= 11 is 0. The van der Waals surface area contributed by atoms with Gasteiger partial charge in [0.2, 0.25) is 5.88 Å². The van der Waals surface area contributed by atoms with Crippen LogP contribution in [0.4, 0.5) is 0 Å². The number of benzene rings is 1. The van der Waals surface area contributed by atoms with E-state index < -0.39 is 0 Å². The van der Waals surface area contributed by atoms with E-state index in [4.69, 9.17) is 4.74 Å². The first-order valence-corrected chi connectivity index (χ1v) is 7.45. The van der Waals surface area contributed by atoms with Crippen molar-refractivity contribution in [2.45, 2.75) is 31.2 Å². The van der Waals surface area contributed by atoms with Gasteiger partial charge in [-0.25, -0.2) is 9.97 Å². The lowest BCUT2D eigenvalue weighted by Gasteiger charge is -2.31. The van der Waals surface area contributed by atoms with Crippen LogP contribution in [-0.2, 0) is 0 Å². The van der Waals surface area contributed by atoms with E-state index in [1.807, 2.05) is 24.3 Å². The van der Waals surface area contributed by atoms with Gasteiger partial charge in [0.05, 0.1) is 16.4 Å². The number of para-hydroxylation sites is 1. The standard InChI is InChI=1S/C16H19N3O/c1-2-6-14-13(5-1)15(18-12-17-14)20-11-16-7-3-9-19(16)10-4-8-16/h1-2,5-6,12H,3-4,7-11H2. The van der Waals surface area contributed by atoms with Gasteiger partial charge in [0.15, 0.2) is 0 Å². The van der Waals surface area contributed by atoms with Crippen LogP contribution in [0.25, 0.3) is 10.9 Å². The van der Waals surface area contributed by atoms with Crippen LogP contribution in [0.15, 0.2) is 30.6 Å². The number of hydrogen-bond donors (Lipinski definition) is 0. The van der Waals surface area contributed by atoms with Crippen molar-refractivity contribution in [3.05, 3.63) is 30.6 Å². The first kappa shape index (κ1) is 12.1. The largest absolute Gasteiger partial charge is 0.475 e. The minimum atomic E-state index is 0.270. The van der Waals surface area contributed by atoms with E-state index in [0.717, 1.165) is 23.4 Å². The smallest absolute Gasteiger partial charge is 0.224 e. The lowest BCUT2D eigenvalue weighted by atomic mass is 9.95. The molecule has 2 fully saturated rings. The fourth-order valence-corrected chi connectivity index (χ4v) is 3.76. The predicted molar refractivity (Wildman–Crippen MR) is 77.8 cm³/mol. The topological polar surface area (TPSA) is 38.2 Å². The molecule has 2 aliphatic heterocycles. The van der Waals surface area contributed by atoms with Gasteiger partial charge in [0.1, 0.15) is 12.9 Å². The molecule has 0 atom stereocenters. The number of fused-ring (bicyclic) bond motifs is 2. The average Bonchev–Trinajstić information content (AvgIpc) is 3.05. The SMILES string of the molecule is c1ccc2c(OCC34CCCN3CCC4)ncnc2c1. The molecule has 0 N–H and O–H groups in total. The summed E-state index contributed by atoms with van der Waals surface area (Å²) in [5.41, 5.74) is 1.22. The molecule has 4 nitrogen and oxygen atoms in total. The minimum Gasteiger partial charge on any atom is -0.475 e. The van der Waals surface area contributed by atoms with Gasteiger partial charge in [-0.05, 0) is 50.9 Å². The molecule has 4 rings (SSSR count). The predicted octanol–water partition coefficient (Wildman–Crippen LogP) is 2.64. The maximum absolute atomic E-state index is 6.12. The van der Waals surface area contributed by atoms with Crippen LogP contribution in [0.1, 0.15) is 25.7 Å². The lowest BCUT2D eigenvalue weighted by Crippen LogP contribution is -2.43. The van der Waals surface area contributed by atoms with Gasteiger partial charge >= 0.3 is 0 Å². The van der Waals surface area contributed by atoms with Gasteiger partial charge in [-0.3, -0.25) is 4.90 Å². The molecule has 2 aromatic rings. The van der Waals surface area contributed by atoms with Crippen molar-refractivity contribution < 1.29 is 4.74 Å². The van der Waals surface area contributed by atoms with E-state index in [2.05, 4.69) is 14.9 Å². The van der Waals surface area contributed by atoms with Crippen LogP contribution >= 0.6 is 0 Å². The molecule has 4 heteroatoms. The van der Waals surface area contributed by atoms with Crippen molar-refractivity contribution in [1.29, 1.82) is 0 Å². The number of ether oxygens (including phenoxy) is 1. The second-order valence-corrected chi connectivity index (χ2v) is 5.90. The van der Waals surface area contributed by atoms with Crippen LogP contribution in [0.2, 0.25) is 0 Å². The number of nitrogens with zero attached hydrogens (tertiary/aromatic N) is 3.